The molecular formula is C36H35N3O18. The van der Waals surface area contributed by atoms with E-state index < -0.39 is 106 Å². The summed E-state index contributed by atoms with van der Waals surface area (Å²) < 4.78 is 34.4. The normalized spacial score (nSPS) is 10.7. The molecule has 21 nitrogen and oxygen atoms in total. The minimum Gasteiger partial charge on any atom is -0.459 e. The highest BCUT2D eigenvalue weighted by Crippen LogP contribution is 2.13. The van der Waals surface area contributed by atoms with E-state index in [2.05, 4.69) is 20.7 Å². The molecule has 21 heteroatoms. The standard InChI is InChI=1S/C36H35N3O18/c1-51-36(50)39-26-12-6-23(7-13-26)34(48)55-19-31(45)53-17-27(57-32(46)20-56-35(49)22-4-10-25(11-5-22)38-29(43)15-41)16-52-30(44)18-54-33(47)21-2-8-24(9-3-21)37-28(42)14-40/h2-13,27,40-41H,14-20H2,1H3,(H,37,42)(H,38,43)(H,39,50). The molecule has 0 radical (unpaired) electrons. The minimum atomic E-state index is -1.51. The molecule has 0 aliphatic carbocycles. The molecule has 0 saturated heterocycles. The first-order valence-corrected chi connectivity index (χ1v) is 16.3. The highest BCUT2D eigenvalue weighted by Gasteiger charge is 2.22. The smallest absolute Gasteiger partial charge is 0.411 e. The molecular weight excluding hydrogens is 762 g/mol. The molecule has 57 heavy (non-hydrogen) atoms. The van der Waals surface area contributed by atoms with E-state index in [1.807, 2.05) is 0 Å². The van der Waals surface area contributed by atoms with Gasteiger partial charge in [0.1, 0.15) is 26.4 Å². The van der Waals surface area contributed by atoms with Crippen LogP contribution in [0.5, 0.6) is 0 Å². The number of carbonyl (C=O) groups excluding carboxylic acids is 9. The number of rotatable bonds is 19. The van der Waals surface area contributed by atoms with Crippen molar-refractivity contribution >= 4 is 70.8 Å². The summed E-state index contributed by atoms with van der Waals surface area (Å²) in [4.78, 5) is 108. The third-order valence-corrected chi connectivity index (χ3v) is 6.77. The lowest BCUT2D eigenvalue weighted by atomic mass is 10.2. The summed E-state index contributed by atoms with van der Waals surface area (Å²) in [5, 5.41) is 24.8. The van der Waals surface area contributed by atoms with Gasteiger partial charge in [-0.2, -0.15) is 0 Å². The molecule has 0 aromatic heterocycles. The second-order valence-corrected chi connectivity index (χ2v) is 11.0. The van der Waals surface area contributed by atoms with Crippen LogP contribution in [0.1, 0.15) is 31.1 Å². The molecule has 0 fully saturated rings. The number of hydrogen-bond acceptors (Lipinski definition) is 18. The Bertz CT molecular complexity index is 1820. The molecule has 3 aromatic carbocycles. The van der Waals surface area contributed by atoms with Crippen LogP contribution in [0, 0.1) is 0 Å². The van der Waals surface area contributed by atoms with Crippen molar-refractivity contribution < 1.29 is 86.5 Å². The SMILES string of the molecule is COC(=O)Nc1ccc(C(=O)OCC(=O)OCC(COC(=O)COC(=O)c2ccc(NC(=O)CO)cc2)OC(=O)COC(=O)c2ccc(NC(=O)CO)cc2)cc1. The van der Waals surface area contributed by atoms with E-state index >= 15 is 0 Å². The Morgan fingerprint density at radius 2 is 0.825 bits per heavy atom. The van der Waals surface area contributed by atoms with Crippen molar-refractivity contribution in [2.24, 2.45) is 0 Å². The summed E-state index contributed by atoms with van der Waals surface area (Å²) in [5.74, 6) is -7.61. The molecule has 0 saturated carbocycles. The molecule has 0 spiro atoms. The summed E-state index contributed by atoms with van der Waals surface area (Å²) in [7, 11) is 1.17. The van der Waals surface area contributed by atoms with Crippen LogP contribution in [0.25, 0.3) is 0 Å². The van der Waals surface area contributed by atoms with E-state index in [1.54, 1.807) is 0 Å². The van der Waals surface area contributed by atoms with Gasteiger partial charge >= 0.3 is 41.9 Å². The van der Waals surface area contributed by atoms with E-state index in [4.69, 9.17) is 38.6 Å². The average molecular weight is 798 g/mol. The van der Waals surface area contributed by atoms with Crippen molar-refractivity contribution in [3.05, 3.63) is 89.5 Å². The number of nitrogens with one attached hydrogen (secondary N) is 3. The molecule has 3 amide bonds. The molecule has 3 aromatic rings. The maximum atomic E-state index is 12.6. The Balaban J connectivity index is 1.54. The molecule has 302 valence electrons. The molecule has 1 atom stereocenters. The average Bonchev–Trinajstić information content (AvgIpc) is 3.22. The number of benzene rings is 3. The first kappa shape index (κ1) is 44.0. The molecule has 0 aliphatic rings. The van der Waals surface area contributed by atoms with E-state index in [1.165, 1.54) is 79.9 Å². The predicted molar refractivity (Wildman–Crippen MR) is 189 cm³/mol. The van der Waals surface area contributed by atoms with Crippen molar-refractivity contribution in [2.45, 2.75) is 6.10 Å². The number of aliphatic hydroxyl groups excluding tert-OH is 2. The lowest BCUT2D eigenvalue weighted by Crippen LogP contribution is -2.33. The third-order valence-electron chi connectivity index (χ3n) is 6.77. The van der Waals surface area contributed by atoms with E-state index in [-0.39, 0.29) is 28.1 Å². The van der Waals surface area contributed by atoms with Crippen LogP contribution in [0.4, 0.5) is 21.9 Å². The van der Waals surface area contributed by atoms with Crippen LogP contribution in [0.3, 0.4) is 0 Å². The quantitative estimate of drug-likeness (QED) is 0.0819. The monoisotopic (exact) mass is 797 g/mol. The fourth-order valence-electron chi connectivity index (χ4n) is 4.05. The number of methoxy groups -OCH3 is 1. The zero-order chi connectivity index (χ0) is 41.7. The van der Waals surface area contributed by atoms with Gasteiger partial charge in [0.2, 0.25) is 11.8 Å². The molecule has 0 bridgehead atoms. The zero-order valence-electron chi connectivity index (χ0n) is 29.9. The van der Waals surface area contributed by atoms with Crippen LogP contribution in [0.15, 0.2) is 72.8 Å². The van der Waals surface area contributed by atoms with Gasteiger partial charge < -0.3 is 54.0 Å². The van der Waals surface area contributed by atoms with Crippen molar-refractivity contribution in [1.29, 1.82) is 0 Å². The second-order valence-electron chi connectivity index (χ2n) is 11.0. The Hall–Kier alpha value is -7.39. The molecule has 0 aliphatic heterocycles. The van der Waals surface area contributed by atoms with Gasteiger partial charge in [0.15, 0.2) is 25.9 Å². The summed E-state index contributed by atoms with van der Waals surface area (Å²) >= 11 is 0. The number of aliphatic hydroxyl groups is 2. The van der Waals surface area contributed by atoms with Gasteiger partial charge in [-0.05, 0) is 72.8 Å². The second kappa shape index (κ2) is 22.7. The maximum absolute atomic E-state index is 12.6. The number of carbonyl (C=O) groups is 9. The number of esters is 6. The fourth-order valence-corrected chi connectivity index (χ4v) is 4.05. The number of amides is 3. The van der Waals surface area contributed by atoms with Gasteiger partial charge in [-0.25, -0.2) is 33.6 Å². The van der Waals surface area contributed by atoms with Crippen molar-refractivity contribution in [1.82, 2.24) is 0 Å². The zero-order valence-corrected chi connectivity index (χ0v) is 29.9. The molecule has 5 N–H and O–H groups in total. The first-order valence-electron chi connectivity index (χ1n) is 16.3. The first-order chi connectivity index (χ1) is 27.3. The largest absolute Gasteiger partial charge is 0.459 e. The van der Waals surface area contributed by atoms with Crippen molar-refractivity contribution in [2.75, 3.05) is 69.3 Å². The van der Waals surface area contributed by atoms with Crippen molar-refractivity contribution in [3.8, 4) is 0 Å². The van der Waals surface area contributed by atoms with Gasteiger partial charge in [0, 0.05) is 17.1 Å². The van der Waals surface area contributed by atoms with E-state index in [0.29, 0.717) is 5.69 Å². The highest BCUT2D eigenvalue weighted by atomic mass is 16.6. The molecule has 0 heterocycles. The van der Waals surface area contributed by atoms with E-state index in [9.17, 15) is 43.2 Å². The summed E-state index contributed by atoms with van der Waals surface area (Å²) in [6.45, 7) is -5.77. The Labute approximate surface area is 322 Å². The minimum absolute atomic E-state index is 0.00393. The Kier molecular flexibility index (Phi) is 17.6. The fraction of sp³-hybridized carbons (Fsp3) is 0.250. The third kappa shape index (κ3) is 15.9. The number of ether oxygens (including phenoxy) is 7. The van der Waals surface area contributed by atoms with Crippen LogP contribution in [0.2, 0.25) is 0 Å². The van der Waals surface area contributed by atoms with Crippen LogP contribution >= 0.6 is 0 Å². The molecule has 1 unspecified atom stereocenters. The van der Waals surface area contributed by atoms with Gasteiger partial charge in [-0.15, -0.1) is 0 Å². The Morgan fingerprint density at radius 1 is 0.491 bits per heavy atom. The predicted octanol–water partition coefficient (Wildman–Crippen LogP) is 0.596. The lowest BCUT2D eigenvalue weighted by molar-refractivity contribution is -0.170. The number of hydrogen-bond donors (Lipinski definition) is 5. The molecule has 3 rings (SSSR count). The maximum Gasteiger partial charge on any atom is 0.411 e. The van der Waals surface area contributed by atoms with Gasteiger partial charge in [0.25, 0.3) is 0 Å². The van der Waals surface area contributed by atoms with Crippen LogP contribution < -0.4 is 16.0 Å². The lowest BCUT2D eigenvalue weighted by Gasteiger charge is -2.18. The van der Waals surface area contributed by atoms with Gasteiger partial charge in [-0.1, -0.05) is 0 Å². The van der Waals surface area contributed by atoms with Crippen molar-refractivity contribution in [3.63, 3.8) is 0 Å². The van der Waals surface area contributed by atoms with Gasteiger partial charge in [0.05, 0.1) is 23.8 Å². The van der Waals surface area contributed by atoms with Crippen LogP contribution in [-0.4, -0.2) is 123 Å². The topological polar surface area (TPSA) is 295 Å². The number of anilines is 3. The Morgan fingerprint density at radius 3 is 1.16 bits per heavy atom. The summed E-state index contributed by atoms with van der Waals surface area (Å²) in [6, 6.07) is 15.8. The van der Waals surface area contributed by atoms with Gasteiger partial charge in [-0.3, -0.25) is 14.9 Å². The highest BCUT2D eigenvalue weighted by molar-refractivity contribution is 5.95. The van der Waals surface area contributed by atoms with E-state index in [0.717, 1.165) is 0 Å². The summed E-state index contributed by atoms with van der Waals surface area (Å²) in [5.41, 5.74) is 0.846. The van der Waals surface area contributed by atoms with Crippen LogP contribution in [-0.2, 0) is 57.1 Å². The summed E-state index contributed by atoms with van der Waals surface area (Å²) in [6.07, 6.45) is -2.25.